The van der Waals surface area contributed by atoms with E-state index in [9.17, 15) is 10.4 Å². The number of aryl methyl sites for hydroxylation is 1. The van der Waals surface area contributed by atoms with Crippen LogP contribution < -0.4 is 10.2 Å². The highest BCUT2D eigenvalue weighted by Gasteiger charge is 2.31. The number of nitrogens with zero attached hydrogens (tertiary/aromatic N) is 3. The van der Waals surface area contributed by atoms with E-state index in [2.05, 4.69) is 27.3 Å². The molecule has 6 heteroatoms. The van der Waals surface area contributed by atoms with Gasteiger partial charge in [0.15, 0.2) is 0 Å². The standard InChI is InChI=1S/C21H20N4OS/c22-9-13-6-14-2-1-5-25(15-10-23-11-15)20(14)18(7-13)17-3-4-24-19-8-16(12-26)27-21(17)19/h3-4,6-8,15,23,26H,1-2,5,10-12H2. The number of hydrogen-bond acceptors (Lipinski definition) is 6. The van der Waals surface area contributed by atoms with Crippen LogP contribution in [-0.2, 0) is 13.0 Å². The Kier molecular flexibility index (Phi) is 4.09. The van der Waals surface area contributed by atoms with Crippen LogP contribution in [0.3, 0.4) is 0 Å². The third kappa shape index (κ3) is 2.71. The van der Waals surface area contributed by atoms with Gasteiger partial charge in [-0.05, 0) is 42.7 Å². The largest absolute Gasteiger partial charge is 0.391 e. The molecule has 5 nitrogen and oxygen atoms in total. The van der Waals surface area contributed by atoms with Gasteiger partial charge in [-0.2, -0.15) is 5.26 Å². The van der Waals surface area contributed by atoms with Crippen molar-refractivity contribution in [3.63, 3.8) is 0 Å². The van der Waals surface area contributed by atoms with E-state index in [1.165, 1.54) is 11.3 Å². The zero-order valence-corrected chi connectivity index (χ0v) is 15.7. The molecule has 136 valence electrons. The van der Waals surface area contributed by atoms with Gasteiger partial charge in [0.1, 0.15) is 0 Å². The summed E-state index contributed by atoms with van der Waals surface area (Å²) in [6, 6.07) is 10.9. The van der Waals surface area contributed by atoms with Crippen LogP contribution in [0.4, 0.5) is 5.69 Å². The Morgan fingerprint density at radius 2 is 2.19 bits per heavy atom. The van der Waals surface area contributed by atoms with Crippen LogP contribution >= 0.6 is 11.3 Å². The molecule has 0 unspecified atom stereocenters. The van der Waals surface area contributed by atoms with E-state index in [0.717, 1.165) is 58.7 Å². The first-order valence-corrected chi connectivity index (χ1v) is 10.1. The lowest BCUT2D eigenvalue weighted by Crippen LogP contribution is -2.58. The molecular formula is C21H20N4OS. The first-order valence-electron chi connectivity index (χ1n) is 9.31. The Morgan fingerprint density at radius 1 is 1.30 bits per heavy atom. The lowest BCUT2D eigenvalue weighted by molar-refractivity contribution is 0.285. The van der Waals surface area contributed by atoms with Crippen LogP contribution in [-0.4, -0.2) is 35.8 Å². The van der Waals surface area contributed by atoms with Crippen molar-refractivity contribution in [1.82, 2.24) is 10.3 Å². The number of benzene rings is 1. The number of aliphatic hydroxyl groups is 1. The Hall–Kier alpha value is -2.46. The van der Waals surface area contributed by atoms with Crippen molar-refractivity contribution in [3.8, 4) is 17.2 Å². The summed E-state index contributed by atoms with van der Waals surface area (Å²) in [5.41, 5.74) is 6.39. The number of anilines is 1. The van der Waals surface area contributed by atoms with E-state index < -0.39 is 0 Å². The molecule has 1 fully saturated rings. The molecule has 1 aromatic carbocycles. The van der Waals surface area contributed by atoms with Crippen molar-refractivity contribution < 1.29 is 5.11 Å². The summed E-state index contributed by atoms with van der Waals surface area (Å²) in [6.07, 6.45) is 3.96. The molecule has 2 aromatic heterocycles. The quantitative estimate of drug-likeness (QED) is 0.735. The Balaban J connectivity index is 1.77. The maximum absolute atomic E-state index is 9.58. The second kappa shape index (κ2) is 6.61. The Labute approximate surface area is 161 Å². The molecule has 1 saturated heterocycles. The fourth-order valence-corrected chi connectivity index (χ4v) is 5.18. The van der Waals surface area contributed by atoms with Crippen LogP contribution in [0.2, 0.25) is 0 Å². The molecule has 0 radical (unpaired) electrons. The molecule has 27 heavy (non-hydrogen) atoms. The molecule has 5 rings (SSSR count). The molecule has 0 amide bonds. The van der Waals surface area contributed by atoms with Crippen LogP contribution in [0.5, 0.6) is 0 Å². The molecular weight excluding hydrogens is 356 g/mol. The van der Waals surface area contributed by atoms with Gasteiger partial charge in [0.25, 0.3) is 0 Å². The number of rotatable bonds is 3. The molecule has 0 atom stereocenters. The number of aliphatic hydroxyl groups excluding tert-OH is 1. The zero-order chi connectivity index (χ0) is 18.4. The van der Waals surface area contributed by atoms with Gasteiger partial charge in [0, 0.05) is 47.5 Å². The fourth-order valence-electron chi connectivity index (χ4n) is 4.18. The van der Waals surface area contributed by atoms with Gasteiger partial charge < -0.3 is 15.3 Å². The first kappa shape index (κ1) is 16.7. The SMILES string of the molecule is N#Cc1cc2c(c(-c3ccnc4cc(CO)sc34)c1)N(C1CNC1)CCC2. The maximum Gasteiger partial charge on any atom is 0.0991 e. The molecule has 2 aliphatic heterocycles. The number of pyridine rings is 1. The van der Waals surface area contributed by atoms with Gasteiger partial charge in [-0.15, -0.1) is 11.3 Å². The monoisotopic (exact) mass is 376 g/mol. The molecule has 4 heterocycles. The van der Waals surface area contributed by atoms with Gasteiger partial charge in [-0.3, -0.25) is 4.98 Å². The number of fused-ring (bicyclic) bond motifs is 2. The number of nitriles is 1. The van der Waals surface area contributed by atoms with Crippen molar-refractivity contribution in [2.45, 2.75) is 25.5 Å². The maximum atomic E-state index is 9.58. The second-order valence-electron chi connectivity index (χ2n) is 7.20. The first-order chi connectivity index (χ1) is 13.3. The minimum Gasteiger partial charge on any atom is -0.391 e. The number of aromatic nitrogens is 1. The van der Waals surface area contributed by atoms with E-state index in [1.54, 1.807) is 11.3 Å². The number of nitrogens with one attached hydrogen (secondary N) is 1. The molecule has 2 aliphatic rings. The summed E-state index contributed by atoms with van der Waals surface area (Å²) < 4.78 is 1.08. The van der Waals surface area contributed by atoms with Crippen molar-refractivity contribution in [2.24, 2.45) is 0 Å². The summed E-state index contributed by atoms with van der Waals surface area (Å²) >= 11 is 1.59. The minimum absolute atomic E-state index is 0.0245. The van der Waals surface area contributed by atoms with E-state index in [0.29, 0.717) is 11.6 Å². The topological polar surface area (TPSA) is 72.2 Å². The lowest BCUT2D eigenvalue weighted by Gasteiger charge is -2.44. The average molecular weight is 376 g/mol. The average Bonchev–Trinajstić information content (AvgIpc) is 3.09. The van der Waals surface area contributed by atoms with E-state index >= 15 is 0 Å². The highest BCUT2D eigenvalue weighted by atomic mass is 32.1. The third-order valence-corrected chi connectivity index (χ3v) is 6.70. The Bertz CT molecular complexity index is 1060. The number of thiophene rings is 1. The summed E-state index contributed by atoms with van der Waals surface area (Å²) in [6.45, 7) is 3.10. The number of hydrogen-bond donors (Lipinski definition) is 2. The van der Waals surface area contributed by atoms with Crippen LogP contribution in [0.1, 0.15) is 22.4 Å². The molecule has 0 saturated carbocycles. The lowest BCUT2D eigenvalue weighted by atomic mass is 9.90. The smallest absolute Gasteiger partial charge is 0.0991 e. The molecule has 0 bridgehead atoms. The van der Waals surface area contributed by atoms with Crippen LogP contribution in [0.25, 0.3) is 21.3 Å². The predicted octanol–water partition coefficient (Wildman–Crippen LogP) is 3.05. The van der Waals surface area contributed by atoms with Gasteiger partial charge in [-0.25, -0.2) is 0 Å². The molecule has 3 aromatic rings. The molecule has 0 aliphatic carbocycles. The normalized spacial score (nSPS) is 16.8. The van der Waals surface area contributed by atoms with Gasteiger partial charge in [-0.1, -0.05) is 0 Å². The van der Waals surface area contributed by atoms with E-state index in [4.69, 9.17) is 0 Å². The second-order valence-corrected chi connectivity index (χ2v) is 8.33. The van der Waals surface area contributed by atoms with Crippen LogP contribution in [0.15, 0.2) is 30.5 Å². The highest BCUT2D eigenvalue weighted by Crippen LogP contribution is 2.43. The van der Waals surface area contributed by atoms with Gasteiger partial charge in [0.2, 0.25) is 0 Å². The zero-order valence-electron chi connectivity index (χ0n) is 14.9. The third-order valence-electron chi connectivity index (χ3n) is 5.56. The summed E-state index contributed by atoms with van der Waals surface area (Å²) in [5, 5.41) is 22.5. The van der Waals surface area contributed by atoms with Crippen molar-refractivity contribution >= 4 is 27.2 Å². The Morgan fingerprint density at radius 3 is 2.93 bits per heavy atom. The van der Waals surface area contributed by atoms with Crippen molar-refractivity contribution in [2.75, 3.05) is 24.5 Å². The summed E-state index contributed by atoms with van der Waals surface area (Å²) in [5.74, 6) is 0. The molecule has 0 spiro atoms. The minimum atomic E-state index is 0.0245. The van der Waals surface area contributed by atoms with E-state index in [1.807, 2.05) is 24.4 Å². The van der Waals surface area contributed by atoms with Crippen molar-refractivity contribution in [1.29, 1.82) is 5.26 Å². The van der Waals surface area contributed by atoms with Gasteiger partial charge >= 0.3 is 0 Å². The highest BCUT2D eigenvalue weighted by molar-refractivity contribution is 7.19. The van der Waals surface area contributed by atoms with Crippen LogP contribution in [0, 0.1) is 11.3 Å². The fraction of sp³-hybridized carbons (Fsp3) is 0.333. The summed E-state index contributed by atoms with van der Waals surface area (Å²) in [4.78, 5) is 7.92. The van der Waals surface area contributed by atoms with Crippen molar-refractivity contribution in [3.05, 3.63) is 46.5 Å². The predicted molar refractivity (Wildman–Crippen MR) is 108 cm³/mol. The van der Waals surface area contributed by atoms with Gasteiger partial charge in [0.05, 0.1) is 34.5 Å². The summed E-state index contributed by atoms with van der Waals surface area (Å²) in [7, 11) is 0. The molecule has 2 N–H and O–H groups in total. The van der Waals surface area contributed by atoms with E-state index in [-0.39, 0.29) is 6.61 Å².